The highest BCUT2D eigenvalue weighted by atomic mass is 32.2. The Labute approximate surface area is 173 Å². The van der Waals surface area contributed by atoms with Gasteiger partial charge in [-0.1, -0.05) is 37.5 Å². The number of carbonyl (C=O) groups excluding carboxylic acids is 4. The summed E-state index contributed by atoms with van der Waals surface area (Å²) in [6.45, 7) is 0.789. The first-order valence-corrected chi connectivity index (χ1v) is 10.4. The van der Waals surface area contributed by atoms with Crippen molar-refractivity contribution in [3.8, 4) is 5.75 Å². The van der Waals surface area contributed by atoms with Gasteiger partial charge in [0, 0.05) is 12.7 Å². The second-order valence-corrected chi connectivity index (χ2v) is 7.56. The molecule has 1 saturated carbocycles. The number of para-hydroxylation sites is 1. The smallest absolute Gasteiger partial charge is 0.370 e. The van der Waals surface area contributed by atoms with Gasteiger partial charge in [-0.3, -0.25) is 9.59 Å². The van der Waals surface area contributed by atoms with Gasteiger partial charge in [-0.15, -0.1) is 0 Å². The van der Waals surface area contributed by atoms with Crippen molar-refractivity contribution in [3.05, 3.63) is 30.3 Å². The Balaban J connectivity index is 1.74. The van der Waals surface area contributed by atoms with Gasteiger partial charge < -0.3 is 19.5 Å². The molecule has 1 aromatic carbocycles. The lowest BCUT2D eigenvalue weighted by Gasteiger charge is -2.19. The highest BCUT2D eigenvalue weighted by Gasteiger charge is 2.25. The number of thioether (sulfide) groups is 1. The van der Waals surface area contributed by atoms with E-state index < -0.39 is 30.0 Å². The van der Waals surface area contributed by atoms with Crippen LogP contribution in [-0.4, -0.2) is 41.7 Å². The van der Waals surface area contributed by atoms with E-state index in [1.165, 1.54) is 6.92 Å². The molecule has 0 bridgehead atoms. The monoisotopic (exact) mass is 423 g/mol. The van der Waals surface area contributed by atoms with E-state index in [4.69, 9.17) is 14.2 Å². The number of nitrogens with one attached hydrogen (secondary N) is 1. The summed E-state index contributed by atoms with van der Waals surface area (Å²) in [5, 5.41) is 1.73. The first-order chi connectivity index (χ1) is 14.0. The van der Waals surface area contributed by atoms with Gasteiger partial charge in [0.2, 0.25) is 12.7 Å². The van der Waals surface area contributed by atoms with Crippen molar-refractivity contribution in [1.29, 1.82) is 0 Å². The third kappa shape index (κ3) is 8.55. The van der Waals surface area contributed by atoms with Crippen molar-refractivity contribution in [2.24, 2.45) is 5.92 Å². The molecule has 1 fully saturated rings. The van der Waals surface area contributed by atoms with E-state index in [-0.39, 0.29) is 17.6 Å². The predicted molar refractivity (Wildman–Crippen MR) is 106 cm³/mol. The minimum atomic E-state index is -1.03. The van der Waals surface area contributed by atoms with Gasteiger partial charge >= 0.3 is 17.2 Å². The molecule has 0 saturated heterocycles. The summed E-state index contributed by atoms with van der Waals surface area (Å²) >= 11 is 0.685. The molecule has 1 N–H and O–H groups in total. The van der Waals surface area contributed by atoms with Crippen LogP contribution >= 0.6 is 11.8 Å². The van der Waals surface area contributed by atoms with E-state index in [2.05, 4.69) is 5.32 Å². The third-order valence-corrected chi connectivity index (χ3v) is 5.16. The van der Waals surface area contributed by atoms with Gasteiger partial charge in [0.1, 0.15) is 11.8 Å². The third-order valence-electron chi connectivity index (χ3n) is 4.31. The molecule has 8 nitrogen and oxygen atoms in total. The average molecular weight is 423 g/mol. The SMILES string of the molecule is CC(=O)N[C@@H](CSC(=O)OCOC(=O)C1CCCCC1)C(=O)Oc1ccccc1. The second kappa shape index (κ2) is 12.1. The number of hydrogen-bond donors (Lipinski definition) is 1. The molecule has 1 amide bonds. The summed E-state index contributed by atoms with van der Waals surface area (Å²) in [4.78, 5) is 47.4. The molecule has 2 rings (SSSR count). The van der Waals surface area contributed by atoms with Crippen LogP contribution in [0.5, 0.6) is 5.75 Å². The van der Waals surface area contributed by atoms with Crippen LogP contribution in [0.4, 0.5) is 4.79 Å². The van der Waals surface area contributed by atoms with Crippen molar-refractivity contribution in [3.63, 3.8) is 0 Å². The number of hydrogen-bond acceptors (Lipinski definition) is 8. The Morgan fingerprint density at radius 2 is 1.76 bits per heavy atom. The normalized spacial score (nSPS) is 15.1. The van der Waals surface area contributed by atoms with E-state index in [9.17, 15) is 19.2 Å². The van der Waals surface area contributed by atoms with E-state index in [1.54, 1.807) is 30.3 Å². The van der Waals surface area contributed by atoms with Crippen LogP contribution in [0.2, 0.25) is 0 Å². The zero-order valence-electron chi connectivity index (χ0n) is 16.3. The lowest BCUT2D eigenvalue weighted by Crippen LogP contribution is -2.44. The lowest BCUT2D eigenvalue weighted by atomic mass is 9.89. The Hall–Kier alpha value is -2.55. The van der Waals surface area contributed by atoms with E-state index >= 15 is 0 Å². The summed E-state index contributed by atoms with van der Waals surface area (Å²) in [5.74, 6) is -1.38. The minimum Gasteiger partial charge on any atom is -0.428 e. The molecule has 1 aliphatic rings. The number of carbonyl (C=O) groups is 4. The second-order valence-electron chi connectivity index (χ2n) is 6.61. The van der Waals surface area contributed by atoms with Gasteiger partial charge in [-0.05, 0) is 36.7 Å². The zero-order valence-corrected chi connectivity index (χ0v) is 17.1. The highest BCUT2D eigenvalue weighted by molar-refractivity contribution is 8.13. The van der Waals surface area contributed by atoms with Crippen molar-refractivity contribution in [2.45, 2.75) is 45.1 Å². The maximum absolute atomic E-state index is 12.3. The molecule has 158 valence electrons. The number of esters is 2. The number of amides is 1. The lowest BCUT2D eigenvalue weighted by molar-refractivity contribution is -0.157. The van der Waals surface area contributed by atoms with Crippen molar-refractivity contribution in [1.82, 2.24) is 5.32 Å². The Kier molecular flexibility index (Phi) is 9.49. The van der Waals surface area contributed by atoms with Crippen molar-refractivity contribution in [2.75, 3.05) is 12.5 Å². The van der Waals surface area contributed by atoms with Crippen molar-refractivity contribution >= 4 is 34.9 Å². The fourth-order valence-corrected chi connectivity index (χ4v) is 3.53. The minimum absolute atomic E-state index is 0.0827. The topological polar surface area (TPSA) is 108 Å². The molecule has 0 heterocycles. The van der Waals surface area contributed by atoms with E-state index in [0.29, 0.717) is 17.5 Å². The van der Waals surface area contributed by atoms with Gasteiger partial charge in [0.25, 0.3) is 0 Å². The first-order valence-electron chi connectivity index (χ1n) is 9.45. The molecule has 29 heavy (non-hydrogen) atoms. The molecule has 0 unspecified atom stereocenters. The number of ether oxygens (including phenoxy) is 3. The zero-order chi connectivity index (χ0) is 21.1. The van der Waals surface area contributed by atoms with Crippen LogP contribution in [0.1, 0.15) is 39.0 Å². The van der Waals surface area contributed by atoms with Gasteiger partial charge in [0.15, 0.2) is 0 Å². The quantitative estimate of drug-likeness (QED) is 0.386. The van der Waals surface area contributed by atoms with Crippen LogP contribution in [-0.2, 0) is 23.9 Å². The molecule has 1 aromatic rings. The number of rotatable bonds is 8. The molecule has 1 atom stereocenters. The fraction of sp³-hybridized carbons (Fsp3) is 0.500. The summed E-state index contributed by atoms with van der Waals surface area (Å²) in [7, 11) is 0. The average Bonchev–Trinajstić information content (AvgIpc) is 2.72. The molecular formula is C20H25NO7S. The molecule has 0 aromatic heterocycles. The summed E-state index contributed by atoms with van der Waals surface area (Å²) in [6, 6.07) is 7.36. The first kappa shape index (κ1) is 22.7. The molecule has 1 aliphatic carbocycles. The molecule has 0 radical (unpaired) electrons. The highest BCUT2D eigenvalue weighted by Crippen LogP contribution is 2.24. The molecule has 9 heteroatoms. The van der Waals surface area contributed by atoms with Crippen LogP contribution in [0.25, 0.3) is 0 Å². The molecule has 0 aliphatic heterocycles. The van der Waals surface area contributed by atoms with E-state index in [0.717, 1.165) is 32.1 Å². The van der Waals surface area contributed by atoms with Gasteiger partial charge in [0.05, 0.1) is 5.92 Å². The Morgan fingerprint density at radius 1 is 1.07 bits per heavy atom. The number of benzene rings is 1. The van der Waals surface area contributed by atoms with Crippen LogP contribution in [0, 0.1) is 5.92 Å². The maximum atomic E-state index is 12.3. The maximum Gasteiger partial charge on any atom is 0.370 e. The van der Waals surface area contributed by atoms with Gasteiger partial charge in [-0.2, -0.15) is 0 Å². The standard InChI is InChI=1S/C20H25NO7S/c1-14(22)21-17(19(24)28-16-10-6-3-7-11-16)12-29-20(25)27-13-26-18(23)15-8-4-2-5-9-15/h3,6-7,10-11,15,17H,2,4-5,8-9,12-13H2,1H3,(H,21,22)/t17-/m0/s1. The van der Waals surface area contributed by atoms with Gasteiger partial charge in [-0.25, -0.2) is 9.59 Å². The summed E-state index contributed by atoms with van der Waals surface area (Å²) in [5.41, 5.74) is 0. The summed E-state index contributed by atoms with van der Waals surface area (Å²) < 4.78 is 15.1. The van der Waals surface area contributed by atoms with Crippen LogP contribution in [0.15, 0.2) is 30.3 Å². The van der Waals surface area contributed by atoms with Crippen LogP contribution in [0.3, 0.4) is 0 Å². The summed E-state index contributed by atoms with van der Waals surface area (Å²) in [6.07, 6.45) is 4.71. The van der Waals surface area contributed by atoms with Crippen LogP contribution < -0.4 is 10.1 Å². The molecule has 0 spiro atoms. The predicted octanol–water partition coefficient (Wildman–Crippen LogP) is 3.05. The largest absolute Gasteiger partial charge is 0.428 e. The fourth-order valence-electron chi connectivity index (χ4n) is 2.87. The molecular weight excluding hydrogens is 398 g/mol. The Bertz CT molecular complexity index is 704. The Morgan fingerprint density at radius 3 is 2.41 bits per heavy atom. The van der Waals surface area contributed by atoms with Crippen molar-refractivity contribution < 1.29 is 33.4 Å². The van der Waals surface area contributed by atoms with E-state index in [1.807, 2.05) is 0 Å².